The summed E-state index contributed by atoms with van der Waals surface area (Å²) >= 11 is 0. The molecule has 0 unspecified atom stereocenters. The van der Waals surface area contributed by atoms with E-state index in [1.807, 2.05) is 0 Å². The zero-order valence-electron chi connectivity index (χ0n) is 30.0. The molecule has 0 fully saturated rings. The number of benzene rings is 9. The lowest BCUT2D eigenvalue weighted by Crippen LogP contribution is -2.10. The second-order valence-electron chi connectivity index (χ2n) is 14.2. The molecule has 11 rings (SSSR count). The topological polar surface area (TPSA) is 13.1 Å². The molecule has 0 aliphatic rings. The molecule has 0 N–H and O–H groups in total. The molecule has 9 aromatic carbocycles. The van der Waals surface area contributed by atoms with Gasteiger partial charge in [-0.05, 0) is 95.4 Å². The maximum atomic E-state index is 2.46. The molecule has 0 saturated heterocycles. The van der Waals surface area contributed by atoms with E-state index in [2.05, 4.69) is 226 Å². The van der Waals surface area contributed by atoms with E-state index in [4.69, 9.17) is 0 Å². The average Bonchev–Trinajstić information content (AvgIpc) is 3.76. The molecule has 55 heavy (non-hydrogen) atoms. The van der Waals surface area contributed by atoms with Gasteiger partial charge in [-0.15, -0.1) is 0 Å². The first kappa shape index (κ1) is 31.2. The van der Waals surface area contributed by atoms with Crippen molar-refractivity contribution in [3.63, 3.8) is 0 Å². The highest BCUT2D eigenvalue weighted by Gasteiger charge is 2.20. The van der Waals surface area contributed by atoms with Crippen LogP contribution in [0.25, 0.3) is 76.9 Å². The summed E-state index contributed by atoms with van der Waals surface area (Å²) in [5.74, 6) is 0. The van der Waals surface area contributed by atoms with Crippen molar-refractivity contribution in [3.05, 3.63) is 212 Å². The number of hydrogen-bond acceptors (Lipinski definition) is 1. The van der Waals surface area contributed by atoms with Gasteiger partial charge < -0.3 is 14.0 Å². The van der Waals surface area contributed by atoms with Gasteiger partial charge in [-0.25, -0.2) is 0 Å². The van der Waals surface area contributed by atoms with Gasteiger partial charge >= 0.3 is 0 Å². The van der Waals surface area contributed by atoms with Crippen molar-refractivity contribution in [1.82, 2.24) is 9.13 Å². The molecule has 2 aromatic heterocycles. The lowest BCUT2D eigenvalue weighted by atomic mass is 10.0. The van der Waals surface area contributed by atoms with Crippen LogP contribution in [-0.4, -0.2) is 9.13 Å². The third-order valence-corrected chi connectivity index (χ3v) is 11.1. The zero-order valence-corrected chi connectivity index (χ0v) is 30.0. The highest BCUT2D eigenvalue weighted by atomic mass is 15.1. The van der Waals surface area contributed by atoms with Crippen LogP contribution >= 0.6 is 0 Å². The van der Waals surface area contributed by atoms with E-state index in [9.17, 15) is 0 Å². The predicted octanol–water partition coefficient (Wildman–Crippen LogP) is 14.2. The normalized spacial score (nSPS) is 11.6. The monoisotopic (exact) mass is 701 g/mol. The highest BCUT2D eigenvalue weighted by molar-refractivity contribution is 6.23. The van der Waals surface area contributed by atoms with Gasteiger partial charge in [0.05, 0.1) is 22.1 Å². The van der Waals surface area contributed by atoms with Crippen molar-refractivity contribution >= 4 is 71.4 Å². The number of hydrogen-bond donors (Lipinski definition) is 0. The van der Waals surface area contributed by atoms with Crippen molar-refractivity contribution < 1.29 is 0 Å². The maximum Gasteiger partial charge on any atom is 0.0619 e. The summed E-state index contributed by atoms with van der Waals surface area (Å²) in [7, 11) is 0. The molecular weight excluding hydrogens is 667 g/mol. The third-order valence-electron chi connectivity index (χ3n) is 11.1. The number of anilines is 3. The minimum absolute atomic E-state index is 1.10. The predicted molar refractivity (Wildman–Crippen MR) is 233 cm³/mol. The van der Waals surface area contributed by atoms with Crippen molar-refractivity contribution in [2.75, 3.05) is 4.90 Å². The Kier molecular flexibility index (Phi) is 7.17. The quantitative estimate of drug-likeness (QED) is 0.168. The number of nitrogens with zero attached hydrogens (tertiary/aromatic N) is 3. The second-order valence-corrected chi connectivity index (χ2v) is 14.2. The number of aromatic nitrogens is 2. The van der Waals surface area contributed by atoms with E-state index in [0.29, 0.717) is 0 Å². The van der Waals surface area contributed by atoms with Gasteiger partial charge in [0.1, 0.15) is 0 Å². The van der Waals surface area contributed by atoms with Gasteiger partial charge in [0.15, 0.2) is 0 Å². The molecule has 11 aromatic rings. The Morgan fingerprint density at radius 1 is 0.291 bits per heavy atom. The molecule has 2 heterocycles. The van der Waals surface area contributed by atoms with Gasteiger partial charge in [-0.1, -0.05) is 133 Å². The molecule has 0 radical (unpaired) electrons. The van der Waals surface area contributed by atoms with Crippen molar-refractivity contribution in [1.29, 1.82) is 0 Å². The zero-order chi connectivity index (χ0) is 36.3. The summed E-state index contributed by atoms with van der Waals surface area (Å²) in [6.07, 6.45) is 0. The Balaban J connectivity index is 1.12. The minimum Gasteiger partial charge on any atom is -0.310 e. The molecule has 0 amide bonds. The Morgan fingerprint density at radius 2 is 0.873 bits per heavy atom. The van der Waals surface area contributed by atoms with E-state index < -0.39 is 0 Å². The van der Waals surface area contributed by atoms with Crippen LogP contribution in [0.2, 0.25) is 0 Å². The number of rotatable bonds is 6. The van der Waals surface area contributed by atoms with Gasteiger partial charge in [0.2, 0.25) is 0 Å². The summed E-state index contributed by atoms with van der Waals surface area (Å²) in [5, 5.41) is 7.51. The fraction of sp³-hybridized carbons (Fsp3) is 0. The van der Waals surface area contributed by atoms with E-state index >= 15 is 0 Å². The lowest BCUT2D eigenvalue weighted by molar-refractivity contribution is 1.16. The minimum atomic E-state index is 1.10. The summed E-state index contributed by atoms with van der Waals surface area (Å²) in [5.41, 5.74) is 12.8. The fourth-order valence-corrected chi connectivity index (χ4v) is 8.59. The molecule has 0 aliphatic heterocycles. The Labute approximate surface area is 319 Å². The number of fused-ring (bicyclic) bond motifs is 8. The number of para-hydroxylation sites is 3. The molecular formula is C52H35N3. The van der Waals surface area contributed by atoms with Crippen LogP contribution in [-0.2, 0) is 0 Å². The van der Waals surface area contributed by atoms with E-state index in [1.54, 1.807) is 0 Å². The SMILES string of the molecule is c1ccc(-c2cccc(N(c3ccccc3)c3ccc(-n4c5ccccc5c5cc6c7ccc8ccccc8c7n(-c7ccccc7)c6cc54)cc3)c2)cc1. The van der Waals surface area contributed by atoms with Crippen LogP contribution in [0.3, 0.4) is 0 Å². The van der Waals surface area contributed by atoms with Crippen LogP contribution in [0.15, 0.2) is 212 Å². The van der Waals surface area contributed by atoms with Crippen LogP contribution < -0.4 is 4.90 Å². The fourth-order valence-electron chi connectivity index (χ4n) is 8.59. The summed E-state index contributed by atoms with van der Waals surface area (Å²) < 4.78 is 4.89. The van der Waals surface area contributed by atoms with Crippen LogP contribution in [0.4, 0.5) is 17.1 Å². The van der Waals surface area contributed by atoms with Crippen LogP contribution in [0.1, 0.15) is 0 Å². The molecule has 3 nitrogen and oxygen atoms in total. The summed E-state index contributed by atoms with van der Waals surface area (Å²) in [4.78, 5) is 2.34. The van der Waals surface area contributed by atoms with Gasteiger partial charge in [0.25, 0.3) is 0 Å². The first-order valence-electron chi connectivity index (χ1n) is 18.9. The molecule has 0 saturated carbocycles. The summed E-state index contributed by atoms with van der Waals surface area (Å²) in [6, 6.07) is 76.8. The van der Waals surface area contributed by atoms with E-state index in [1.165, 1.54) is 65.5 Å². The molecule has 0 spiro atoms. The van der Waals surface area contributed by atoms with Crippen LogP contribution in [0.5, 0.6) is 0 Å². The molecule has 0 bridgehead atoms. The maximum absolute atomic E-state index is 2.46. The van der Waals surface area contributed by atoms with Gasteiger partial charge in [-0.3, -0.25) is 0 Å². The molecule has 258 valence electrons. The van der Waals surface area contributed by atoms with Crippen molar-refractivity contribution in [2.24, 2.45) is 0 Å². The van der Waals surface area contributed by atoms with Crippen molar-refractivity contribution in [2.45, 2.75) is 0 Å². The highest BCUT2D eigenvalue weighted by Crippen LogP contribution is 2.42. The Hall–Kier alpha value is -7.36. The Bertz CT molecular complexity index is 3180. The molecule has 0 atom stereocenters. The molecule has 0 aliphatic carbocycles. The second kappa shape index (κ2) is 12.6. The van der Waals surface area contributed by atoms with E-state index in [-0.39, 0.29) is 0 Å². The third kappa shape index (κ3) is 5.05. The smallest absolute Gasteiger partial charge is 0.0619 e. The summed E-state index contributed by atoms with van der Waals surface area (Å²) in [6.45, 7) is 0. The lowest BCUT2D eigenvalue weighted by Gasteiger charge is -2.26. The van der Waals surface area contributed by atoms with E-state index in [0.717, 1.165) is 28.4 Å². The average molecular weight is 702 g/mol. The van der Waals surface area contributed by atoms with Crippen molar-refractivity contribution in [3.8, 4) is 22.5 Å². The van der Waals surface area contributed by atoms with Gasteiger partial charge in [0, 0.05) is 55.4 Å². The first-order chi connectivity index (χ1) is 27.3. The van der Waals surface area contributed by atoms with Gasteiger partial charge in [-0.2, -0.15) is 0 Å². The largest absolute Gasteiger partial charge is 0.310 e. The Morgan fingerprint density at radius 3 is 1.67 bits per heavy atom. The molecule has 3 heteroatoms. The standard InChI is InChI=1S/C52H35N3/c1-4-15-36(16-5-1)38-18-14-23-43(33-38)53(39-19-6-2-7-20-39)41-28-30-42(31-29-41)54-49-26-13-12-25-45(49)47-34-48-46-32-27-37-17-10-11-24-44(37)52(46)55(51(48)35-50(47)54)40-21-8-3-9-22-40/h1-35H. The van der Waals surface area contributed by atoms with Crippen LogP contribution in [0, 0.1) is 0 Å². The first-order valence-corrected chi connectivity index (χ1v) is 18.9.